The van der Waals surface area contributed by atoms with Gasteiger partial charge in [0.1, 0.15) is 6.61 Å². The number of likely N-dealkylation sites (N-methyl/N-ethyl adjacent to an activating group) is 1. The topological polar surface area (TPSA) is 55.6 Å². The fourth-order valence-corrected chi connectivity index (χ4v) is 1.49. The van der Waals surface area contributed by atoms with Crippen molar-refractivity contribution in [2.75, 3.05) is 32.5 Å². The van der Waals surface area contributed by atoms with Crippen LogP contribution in [0.1, 0.15) is 17.3 Å². The van der Waals surface area contributed by atoms with Gasteiger partial charge in [0.2, 0.25) is 0 Å². The molecule has 0 heterocycles. The molecule has 4 nitrogen and oxygen atoms in total. The number of rotatable bonds is 5. The average molecular weight is 257 g/mol. The number of halogens is 1. The molecule has 0 aliphatic heterocycles. The van der Waals surface area contributed by atoms with Gasteiger partial charge in [-0.3, -0.25) is 0 Å². The number of hydrogen-bond donors (Lipinski definition) is 1. The lowest BCUT2D eigenvalue weighted by atomic mass is 10.2. The van der Waals surface area contributed by atoms with Crippen molar-refractivity contribution in [1.82, 2.24) is 4.90 Å². The Morgan fingerprint density at radius 3 is 2.82 bits per heavy atom. The maximum absolute atomic E-state index is 11.7. The molecule has 0 aliphatic rings. The highest BCUT2D eigenvalue weighted by molar-refractivity contribution is 6.33. The number of hydrogen-bond acceptors (Lipinski definition) is 4. The van der Waals surface area contributed by atoms with Crippen molar-refractivity contribution in [2.45, 2.75) is 6.92 Å². The van der Waals surface area contributed by atoms with Crippen molar-refractivity contribution in [2.24, 2.45) is 0 Å². The molecule has 0 saturated carbocycles. The third-order valence-corrected chi connectivity index (χ3v) is 2.77. The fraction of sp³-hybridized carbons (Fsp3) is 0.417. The first-order valence-electron chi connectivity index (χ1n) is 5.45. The van der Waals surface area contributed by atoms with Crippen LogP contribution in [-0.2, 0) is 4.74 Å². The lowest BCUT2D eigenvalue weighted by Crippen LogP contribution is -2.24. The van der Waals surface area contributed by atoms with E-state index in [1.165, 1.54) is 6.07 Å². The van der Waals surface area contributed by atoms with E-state index in [9.17, 15) is 4.79 Å². The Morgan fingerprint density at radius 2 is 2.24 bits per heavy atom. The predicted molar refractivity (Wildman–Crippen MR) is 69.3 cm³/mol. The van der Waals surface area contributed by atoms with Crippen LogP contribution in [-0.4, -0.2) is 37.6 Å². The minimum atomic E-state index is -0.417. The van der Waals surface area contributed by atoms with E-state index >= 15 is 0 Å². The van der Waals surface area contributed by atoms with Crippen LogP contribution < -0.4 is 5.73 Å². The zero-order valence-electron chi connectivity index (χ0n) is 10.1. The van der Waals surface area contributed by atoms with E-state index in [2.05, 4.69) is 4.90 Å². The Bertz CT molecular complexity index is 396. The van der Waals surface area contributed by atoms with Gasteiger partial charge < -0.3 is 15.4 Å². The number of benzene rings is 1. The first-order chi connectivity index (χ1) is 8.04. The molecule has 0 saturated heterocycles. The summed E-state index contributed by atoms with van der Waals surface area (Å²) in [5.74, 6) is -0.417. The molecule has 1 aromatic carbocycles. The summed E-state index contributed by atoms with van der Waals surface area (Å²) < 4.78 is 5.12. The largest absolute Gasteiger partial charge is 0.461 e. The third-order valence-electron chi connectivity index (χ3n) is 2.46. The minimum absolute atomic E-state index is 0.318. The van der Waals surface area contributed by atoms with Crippen LogP contribution in [0.15, 0.2) is 18.2 Å². The van der Waals surface area contributed by atoms with Crippen molar-refractivity contribution in [3.63, 3.8) is 0 Å². The van der Waals surface area contributed by atoms with Crippen molar-refractivity contribution < 1.29 is 9.53 Å². The highest BCUT2D eigenvalue weighted by atomic mass is 35.5. The smallest absolute Gasteiger partial charge is 0.339 e. The molecule has 0 bridgehead atoms. The number of ether oxygens (including phenoxy) is 1. The molecule has 17 heavy (non-hydrogen) atoms. The highest BCUT2D eigenvalue weighted by Gasteiger charge is 2.11. The molecule has 0 unspecified atom stereocenters. The van der Waals surface area contributed by atoms with Gasteiger partial charge in [0.05, 0.1) is 10.6 Å². The molecule has 0 atom stereocenters. The Balaban J connectivity index is 2.52. The lowest BCUT2D eigenvalue weighted by Gasteiger charge is -2.13. The maximum atomic E-state index is 11.7. The number of anilines is 1. The van der Waals surface area contributed by atoms with E-state index in [1.54, 1.807) is 12.1 Å². The fourth-order valence-electron chi connectivity index (χ4n) is 1.23. The number of nitrogens with two attached hydrogens (primary N) is 1. The highest BCUT2D eigenvalue weighted by Crippen LogP contribution is 2.19. The number of nitrogens with zero attached hydrogens (tertiary/aromatic N) is 1. The van der Waals surface area contributed by atoms with Gasteiger partial charge in [0.15, 0.2) is 0 Å². The summed E-state index contributed by atoms with van der Waals surface area (Å²) in [6.07, 6.45) is 0. The van der Waals surface area contributed by atoms with Crippen LogP contribution in [0, 0.1) is 0 Å². The van der Waals surface area contributed by atoms with Crippen LogP contribution in [0.3, 0.4) is 0 Å². The summed E-state index contributed by atoms with van der Waals surface area (Å²) in [6.45, 7) is 4.01. The van der Waals surface area contributed by atoms with Crippen LogP contribution in [0.5, 0.6) is 0 Å². The molecule has 0 fully saturated rings. The van der Waals surface area contributed by atoms with Gasteiger partial charge in [-0.1, -0.05) is 18.5 Å². The minimum Gasteiger partial charge on any atom is -0.461 e. The zero-order chi connectivity index (χ0) is 12.8. The van der Waals surface area contributed by atoms with Crippen LogP contribution in [0.2, 0.25) is 5.02 Å². The molecule has 0 aromatic heterocycles. The number of carbonyl (C=O) groups excluding carboxylic acids is 1. The summed E-state index contributed by atoms with van der Waals surface area (Å²) in [6, 6.07) is 4.74. The van der Waals surface area contributed by atoms with Crippen molar-refractivity contribution >= 4 is 23.3 Å². The molecular formula is C12H17ClN2O2. The van der Waals surface area contributed by atoms with Gasteiger partial charge in [-0.2, -0.15) is 0 Å². The molecule has 0 radical (unpaired) electrons. The van der Waals surface area contributed by atoms with E-state index in [0.29, 0.717) is 29.4 Å². The molecule has 0 amide bonds. The number of esters is 1. The van der Waals surface area contributed by atoms with E-state index in [1.807, 2.05) is 14.0 Å². The van der Waals surface area contributed by atoms with E-state index in [4.69, 9.17) is 22.1 Å². The van der Waals surface area contributed by atoms with Gasteiger partial charge in [-0.25, -0.2) is 4.79 Å². The quantitative estimate of drug-likeness (QED) is 0.647. The Morgan fingerprint density at radius 1 is 1.53 bits per heavy atom. The van der Waals surface area contributed by atoms with E-state index in [-0.39, 0.29) is 0 Å². The summed E-state index contributed by atoms with van der Waals surface area (Å²) in [5.41, 5.74) is 6.41. The Hall–Kier alpha value is -1.26. The predicted octanol–water partition coefficient (Wildman–Crippen LogP) is 2.03. The Kier molecular flexibility index (Phi) is 5.25. The maximum Gasteiger partial charge on any atom is 0.339 e. The van der Waals surface area contributed by atoms with Crippen LogP contribution >= 0.6 is 11.6 Å². The van der Waals surface area contributed by atoms with Crippen LogP contribution in [0.4, 0.5) is 5.69 Å². The second-order valence-corrected chi connectivity index (χ2v) is 4.18. The summed E-state index contributed by atoms with van der Waals surface area (Å²) >= 11 is 5.90. The second-order valence-electron chi connectivity index (χ2n) is 3.77. The van der Waals surface area contributed by atoms with Crippen molar-refractivity contribution in [1.29, 1.82) is 0 Å². The third kappa shape index (κ3) is 4.24. The Labute approximate surface area is 106 Å². The molecule has 0 spiro atoms. The normalized spacial score (nSPS) is 10.6. The standard InChI is InChI=1S/C12H17ClN2O2/c1-3-15(2)6-7-17-12(16)10-5-4-9(14)8-11(10)13/h4-5,8H,3,6-7,14H2,1-2H3. The van der Waals surface area contributed by atoms with Gasteiger partial charge >= 0.3 is 5.97 Å². The van der Waals surface area contributed by atoms with Gasteiger partial charge in [0.25, 0.3) is 0 Å². The van der Waals surface area contributed by atoms with Gasteiger partial charge in [0, 0.05) is 12.2 Å². The summed E-state index contributed by atoms with van der Waals surface area (Å²) in [7, 11) is 1.96. The van der Waals surface area contributed by atoms with E-state index < -0.39 is 5.97 Å². The first kappa shape index (κ1) is 13.8. The monoisotopic (exact) mass is 256 g/mol. The first-order valence-corrected chi connectivity index (χ1v) is 5.83. The van der Waals surface area contributed by atoms with Crippen molar-refractivity contribution in [3.05, 3.63) is 28.8 Å². The SMILES string of the molecule is CCN(C)CCOC(=O)c1ccc(N)cc1Cl. The van der Waals surface area contributed by atoms with Gasteiger partial charge in [-0.15, -0.1) is 0 Å². The summed E-state index contributed by atoms with van der Waals surface area (Å²) in [5, 5.41) is 0.318. The molecule has 2 N–H and O–H groups in total. The molecule has 5 heteroatoms. The number of carbonyl (C=O) groups is 1. The zero-order valence-corrected chi connectivity index (χ0v) is 10.8. The molecule has 94 valence electrons. The average Bonchev–Trinajstić information content (AvgIpc) is 2.28. The van der Waals surface area contributed by atoms with Gasteiger partial charge in [-0.05, 0) is 31.8 Å². The van der Waals surface area contributed by atoms with E-state index in [0.717, 1.165) is 6.54 Å². The lowest BCUT2D eigenvalue weighted by molar-refractivity contribution is 0.0475. The number of nitrogen functional groups attached to an aromatic ring is 1. The van der Waals surface area contributed by atoms with Crippen LogP contribution in [0.25, 0.3) is 0 Å². The molecule has 0 aliphatic carbocycles. The molecule has 1 aromatic rings. The van der Waals surface area contributed by atoms with Crippen molar-refractivity contribution in [3.8, 4) is 0 Å². The second kappa shape index (κ2) is 6.47. The summed E-state index contributed by atoms with van der Waals surface area (Å²) in [4.78, 5) is 13.7. The molecule has 1 rings (SSSR count). The molecular weight excluding hydrogens is 240 g/mol.